The summed E-state index contributed by atoms with van der Waals surface area (Å²) in [5.74, 6) is 1.58. The van der Waals surface area contributed by atoms with Crippen LogP contribution in [0.4, 0.5) is 0 Å². The maximum absolute atomic E-state index is 5.90. The first-order valence-corrected chi connectivity index (χ1v) is 10.1. The van der Waals surface area contributed by atoms with Crippen LogP contribution in [0, 0.1) is 0 Å². The smallest absolute Gasteiger partial charge is 0.281 e. The molecule has 0 radical (unpaired) electrons. The number of hydrogen-bond acceptors (Lipinski definition) is 6. The number of benzene rings is 2. The molecular weight excluding hydrogens is 370 g/mol. The first kappa shape index (κ1) is 17.2. The van der Waals surface area contributed by atoms with E-state index in [1.807, 2.05) is 36.4 Å². The van der Waals surface area contributed by atoms with Crippen LogP contribution in [0.2, 0.25) is 0 Å². The van der Waals surface area contributed by atoms with Gasteiger partial charge in [0.2, 0.25) is 0 Å². The van der Waals surface area contributed by atoms with Crippen LogP contribution >= 0.6 is 11.3 Å². The van der Waals surface area contributed by atoms with Gasteiger partial charge in [-0.1, -0.05) is 35.6 Å². The fourth-order valence-electron chi connectivity index (χ4n) is 3.35. The van der Waals surface area contributed by atoms with Gasteiger partial charge in [0.05, 0.1) is 4.70 Å². The third-order valence-electron chi connectivity index (χ3n) is 4.76. The molecule has 0 unspecified atom stereocenters. The van der Waals surface area contributed by atoms with Crippen LogP contribution in [0.3, 0.4) is 0 Å². The lowest BCUT2D eigenvalue weighted by Crippen LogP contribution is -2.22. The Hall–Kier alpha value is -2.96. The van der Waals surface area contributed by atoms with E-state index in [0.29, 0.717) is 17.4 Å². The predicted octanol–water partition coefficient (Wildman–Crippen LogP) is 4.88. The van der Waals surface area contributed by atoms with E-state index < -0.39 is 0 Å². The standard InChI is InChI=1S/C22H19N3O2S/c1-2-5-17-15-25(14-16(17)4-1)12-13-26-18-7-9-19(10-8-18)27-22-24-21-20(28-22)6-3-11-23-21/h1-11H,12-15H2. The van der Waals surface area contributed by atoms with Gasteiger partial charge in [0.1, 0.15) is 18.1 Å². The minimum atomic E-state index is 0.593. The Morgan fingerprint density at radius 1 is 0.893 bits per heavy atom. The molecule has 0 spiro atoms. The van der Waals surface area contributed by atoms with E-state index >= 15 is 0 Å². The van der Waals surface area contributed by atoms with Crippen LogP contribution in [0.25, 0.3) is 10.3 Å². The molecule has 0 amide bonds. The summed E-state index contributed by atoms with van der Waals surface area (Å²) in [6.07, 6.45) is 1.73. The van der Waals surface area contributed by atoms with E-state index in [9.17, 15) is 0 Å². The van der Waals surface area contributed by atoms with Crippen LogP contribution in [0.5, 0.6) is 16.7 Å². The highest BCUT2D eigenvalue weighted by Crippen LogP contribution is 2.31. The molecule has 5 nitrogen and oxygen atoms in total. The van der Waals surface area contributed by atoms with Crippen molar-refractivity contribution in [3.63, 3.8) is 0 Å². The molecule has 2 aromatic heterocycles. The number of fused-ring (bicyclic) bond motifs is 2. The molecule has 5 rings (SSSR count). The van der Waals surface area contributed by atoms with Crippen molar-refractivity contribution in [2.24, 2.45) is 0 Å². The zero-order valence-corrected chi connectivity index (χ0v) is 16.1. The molecule has 0 N–H and O–H groups in total. The lowest BCUT2D eigenvalue weighted by molar-refractivity contribution is 0.211. The van der Waals surface area contributed by atoms with Gasteiger partial charge in [0.25, 0.3) is 5.19 Å². The number of thiazole rings is 1. The van der Waals surface area contributed by atoms with E-state index in [1.54, 1.807) is 6.20 Å². The molecule has 1 aliphatic rings. The molecule has 3 heterocycles. The van der Waals surface area contributed by atoms with Crippen LogP contribution in [0.15, 0.2) is 66.9 Å². The van der Waals surface area contributed by atoms with E-state index in [2.05, 4.69) is 39.1 Å². The quantitative estimate of drug-likeness (QED) is 0.470. The molecule has 0 atom stereocenters. The van der Waals surface area contributed by atoms with Crippen molar-refractivity contribution in [3.8, 4) is 16.7 Å². The number of ether oxygens (including phenoxy) is 2. The van der Waals surface area contributed by atoms with Crippen molar-refractivity contribution in [2.75, 3.05) is 13.2 Å². The number of rotatable bonds is 6. The molecule has 1 aliphatic heterocycles. The van der Waals surface area contributed by atoms with Gasteiger partial charge >= 0.3 is 0 Å². The van der Waals surface area contributed by atoms with Crippen molar-refractivity contribution >= 4 is 21.7 Å². The number of aromatic nitrogens is 2. The molecule has 0 bridgehead atoms. The Kier molecular flexibility index (Phi) is 4.64. The lowest BCUT2D eigenvalue weighted by atomic mass is 10.1. The minimum Gasteiger partial charge on any atom is -0.492 e. The molecule has 0 aliphatic carbocycles. The molecule has 28 heavy (non-hydrogen) atoms. The highest BCUT2D eigenvalue weighted by molar-refractivity contribution is 7.20. The largest absolute Gasteiger partial charge is 0.492 e. The number of nitrogens with zero attached hydrogens (tertiary/aromatic N) is 3. The Bertz CT molecular complexity index is 1040. The van der Waals surface area contributed by atoms with Crippen LogP contribution in [-0.2, 0) is 13.1 Å². The summed E-state index contributed by atoms with van der Waals surface area (Å²) in [6.45, 7) is 3.58. The molecule has 0 fully saturated rings. The minimum absolute atomic E-state index is 0.593. The highest BCUT2D eigenvalue weighted by Gasteiger charge is 2.17. The summed E-state index contributed by atoms with van der Waals surface area (Å²) >= 11 is 1.49. The molecule has 140 valence electrons. The van der Waals surface area contributed by atoms with Crippen molar-refractivity contribution < 1.29 is 9.47 Å². The third kappa shape index (κ3) is 3.69. The molecule has 0 saturated heterocycles. The van der Waals surface area contributed by atoms with Gasteiger partial charge in [0.15, 0.2) is 5.65 Å². The third-order valence-corrected chi connectivity index (χ3v) is 5.64. The van der Waals surface area contributed by atoms with Gasteiger partial charge in [-0.3, -0.25) is 4.90 Å². The maximum atomic E-state index is 5.90. The fourth-order valence-corrected chi connectivity index (χ4v) is 4.15. The molecule has 0 saturated carbocycles. The fraction of sp³-hybridized carbons (Fsp3) is 0.182. The highest BCUT2D eigenvalue weighted by atomic mass is 32.1. The lowest BCUT2D eigenvalue weighted by Gasteiger charge is -2.15. The predicted molar refractivity (Wildman–Crippen MR) is 110 cm³/mol. The summed E-state index contributed by atoms with van der Waals surface area (Å²) in [5, 5.41) is 0.593. The summed E-state index contributed by atoms with van der Waals surface area (Å²) in [6, 6.07) is 20.2. The Labute approximate surface area is 167 Å². The number of pyridine rings is 1. The first-order valence-electron chi connectivity index (χ1n) is 9.25. The van der Waals surface area contributed by atoms with Crippen molar-refractivity contribution in [2.45, 2.75) is 13.1 Å². The summed E-state index contributed by atoms with van der Waals surface area (Å²) in [5.41, 5.74) is 3.56. The second-order valence-electron chi connectivity index (χ2n) is 6.71. The Balaban J connectivity index is 1.14. The van der Waals surface area contributed by atoms with Crippen molar-refractivity contribution in [1.29, 1.82) is 0 Å². The van der Waals surface area contributed by atoms with Crippen molar-refractivity contribution in [3.05, 3.63) is 78.0 Å². The second kappa shape index (κ2) is 7.58. The van der Waals surface area contributed by atoms with Gasteiger partial charge in [-0.15, -0.1) is 0 Å². The topological polar surface area (TPSA) is 47.5 Å². The average Bonchev–Trinajstić information content (AvgIpc) is 3.32. The zero-order valence-electron chi connectivity index (χ0n) is 15.2. The van der Waals surface area contributed by atoms with E-state index in [0.717, 1.165) is 35.8 Å². The van der Waals surface area contributed by atoms with Crippen molar-refractivity contribution in [1.82, 2.24) is 14.9 Å². The maximum Gasteiger partial charge on any atom is 0.281 e. The number of hydrogen-bond donors (Lipinski definition) is 0. The first-order chi connectivity index (χ1) is 13.8. The monoisotopic (exact) mass is 389 g/mol. The van der Waals surface area contributed by atoms with Gasteiger partial charge in [0, 0.05) is 25.8 Å². The Morgan fingerprint density at radius 3 is 2.39 bits per heavy atom. The van der Waals surface area contributed by atoms with Gasteiger partial charge in [-0.2, -0.15) is 4.98 Å². The van der Waals surface area contributed by atoms with Crippen LogP contribution < -0.4 is 9.47 Å². The Morgan fingerprint density at radius 2 is 1.64 bits per heavy atom. The SMILES string of the molecule is c1ccc2c(c1)CN(CCOc1ccc(Oc3nc4ncccc4s3)cc1)C2. The van der Waals surface area contributed by atoms with E-state index in [1.165, 1.54) is 22.5 Å². The summed E-state index contributed by atoms with van der Waals surface area (Å²) < 4.78 is 12.8. The molecule has 2 aromatic carbocycles. The summed E-state index contributed by atoms with van der Waals surface area (Å²) in [4.78, 5) is 11.0. The molecule has 4 aromatic rings. The van der Waals surface area contributed by atoms with Gasteiger partial charge in [-0.05, 0) is 47.5 Å². The van der Waals surface area contributed by atoms with Gasteiger partial charge < -0.3 is 9.47 Å². The molecular formula is C22H19N3O2S. The average molecular weight is 389 g/mol. The second-order valence-corrected chi connectivity index (χ2v) is 7.70. The van der Waals surface area contributed by atoms with E-state index in [4.69, 9.17) is 9.47 Å². The normalized spacial score (nSPS) is 13.6. The van der Waals surface area contributed by atoms with Gasteiger partial charge in [-0.25, -0.2) is 4.98 Å². The molecule has 6 heteroatoms. The van der Waals surface area contributed by atoms with E-state index in [-0.39, 0.29) is 0 Å². The van der Waals surface area contributed by atoms with Crippen LogP contribution in [-0.4, -0.2) is 28.0 Å². The summed E-state index contributed by atoms with van der Waals surface area (Å²) in [7, 11) is 0. The zero-order chi connectivity index (χ0) is 18.8. The van der Waals surface area contributed by atoms with Crippen LogP contribution in [0.1, 0.15) is 11.1 Å².